The Bertz CT molecular complexity index is 597. The third-order valence-electron chi connectivity index (χ3n) is 3.75. The molecule has 3 nitrogen and oxygen atoms in total. The van der Waals surface area contributed by atoms with Crippen LogP contribution in [0.3, 0.4) is 0 Å². The quantitative estimate of drug-likeness (QED) is 0.807. The summed E-state index contributed by atoms with van der Waals surface area (Å²) in [5, 5.41) is 9.71. The van der Waals surface area contributed by atoms with Crippen molar-refractivity contribution in [3.63, 3.8) is 0 Å². The Hall–Kier alpha value is -1.65. The van der Waals surface area contributed by atoms with Crippen LogP contribution in [0.5, 0.6) is 0 Å². The van der Waals surface area contributed by atoms with Crippen molar-refractivity contribution in [1.29, 1.82) is 0 Å². The predicted octanol–water partition coefficient (Wildman–Crippen LogP) is 3.51. The topological polar surface area (TPSA) is 28.4 Å². The first-order valence-corrected chi connectivity index (χ1v) is 8.23. The zero-order chi connectivity index (χ0) is 16.8. The van der Waals surface area contributed by atoms with E-state index in [-0.39, 0.29) is 11.9 Å². The molecule has 1 aromatic carbocycles. The molecule has 4 heteroatoms. The van der Waals surface area contributed by atoms with Crippen LogP contribution in [0.25, 0.3) is 0 Å². The number of aliphatic hydroxyl groups excluding tert-OH is 1. The van der Waals surface area contributed by atoms with E-state index in [0.717, 1.165) is 18.8 Å². The van der Waals surface area contributed by atoms with Gasteiger partial charge in [0.15, 0.2) is 0 Å². The fourth-order valence-corrected chi connectivity index (χ4v) is 2.88. The minimum absolute atomic E-state index is 0.171. The number of hydrogen-bond acceptors (Lipinski definition) is 2. The lowest BCUT2D eigenvalue weighted by Gasteiger charge is -2.26. The normalized spacial score (nSPS) is 13.0. The average Bonchev–Trinajstić information content (AvgIpc) is 2.87. The number of aliphatic hydroxyl groups is 1. The van der Waals surface area contributed by atoms with E-state index in [1.165, 1.54) is 6.07 Å². The predicted molar refractivity (Wildman–Crippen MR) is 91.7 cm³/mol. The molecule has 2 aromatic rings. The van der Waals surface area contributed by atoms with Crippen LogP contribution in [-0.2, 0) is 13.1 Å². The van der Waals surface area contributed by atoms with Crippen LogP contribution in [0.15, 0.2) is 42.6 Å². The third kappa shape index (κ3) is 5.48. The van der Waals surface area contributed by atoms with Crippen molar-refractivity contribution in [3.8, 4) is 0 Å². The van der Waals surface area contributed by atoms with E-state index in [0.29, 0.717) is 24.6 Å². The maximum atomic E-state index is 13.9. The van der Waals surface area contributed by atoms with Crippen LogP contribution in [0.1, 0.15) is 32.0 Å². The fourth-order valence-electron chi connectivity index (χ4n) is 2.88. The lowest BCUT2D eigenvalue weighted by molar-refractivity contribution is 0.113. The van der Waals surface area contributed by atoms with Gasteiger partial charge < -0.3 is 9.67 Å². The molecule has 0 aliphatic carbocycles. The number of hydrogen-bond donors (Lipinski definition) is 1. The summed E-state index contributed by atoms with van der Waals surface area (Å²) in [5.41, 5.74) is 1.82. The smallest absolute Gasteiger partial charge is 0.128 e. The van der Waals surface area contributed by atoms with E-state index in [1.54, 1.807) is 6.07 Å². The highest BCUT2D eigenvalue weighted by Crippen LogP contribution is 2.14. The Morgan fingerprint density at radius 2 is 1.83 bits per heavy atom. The summed E-state index contributed by atoms with van der Waals surface area (Å²) in [6, 6.07) is 10.9. The first-order chi connectivity index (χ1) is 11.0. The van der Waals surface area contributed by atoms with E-state index < -0.39 is 0 Å². The first-order valence-electron chi connectivity index (χ1n) is 8.23. The summed E-state index contributed by atoms with van der Waals surface area (Å²) in [6.07, 6.45) is 1.63. The number of nitrogens with zero attached hydrogens (tertiary/aromatic N) is 2. The second-order valence-electron chi connectivity index (χ2n) is 6.66. The van der Waals surface area contributed by atoms with Gasteiger partial charge in [0.05, 0.1) is 12.6 Å². The van der Waals surface area contributed by atoms with Crippen LogP contribution in [0.4, 0.5) is 4.39 Å². The molecule has 0 spiro atoms. The molecule has 0 unspecified atom stereocenters. The van der Waals surface area contributed by atoms with Gasteiger partial charge in [0.1, 0.15) is 5.82 Å². The van der Waals surface area contributed by atoms with Crippen molar-refractivity contribution in [1.82, 2.24) is 9.47 Å². The Morgan fingerprint density at radius 1 is 1.09 bits per heavy atom. The van der Waals surface area contributed by atoms with Crippen molar-refractivity contribution < 1.29 is 9.50 Å². The molecule has 0 fully saturated rings. The second kappa shape index (κ2) is 8.27. The van der Waals surface area contributed by atoms with Crippen molar-refractivity contribution >= 4 is 0 Å². The van der Waals surface area contributed by atoms with E-state index in [9.17, 15) is 9.50 Å². The van der Waals surface area contributed by atoms with E-state index >= 15 is 0 Å². The van der Waals surface area contributed by atoms with Crippen molar-refractivity contribution in [2.45, 2.75) is 40.0 Å². The number of aromatic nitrogens is 1. The maximum Gasteiger partial charge on any atom is 0.128 e. The highest BCUT2D eigenvalue weighted by atomic mass is 19.1. The molecule has 0 saturated heterocycles. The first kappa shape index (κ1) is 17.7. The second-order valence-corrected chi connectivity index (χ2v) is 6.66. The SMILES string of the molecule is CC(C)CN(Cc1cccn1Cc1ccccc1F)C[C@H](C)O. The van der Waals surface area contributed by atoms with Crippen molar-refractivity contribution in [2.24, 2.45) is 5.92 Å². The summed E-state index contributed by atoms with van der Waals surface area (Å²) in [7, 11) is 0. The molecule has 2 rings (SSSR count). The van der Waals surface area contributed by atoms with Gasteiger partial charge in [-0.05, 0) is 31.0 Å². The van der Waals surface area contributed by atoms with Crippen molar-refractivity contribution in [3.05, 3.63) is 59.7 Å². The van der Waals surface area contributed by atoms with E-state index in [2.05, 4.69) is 29.4 Å². The molecule has 23 heavy (non-hydrogen) atoms. The molecule has 1 N–H and O–H groups in total. The van der Waals surface area contributed by atoms with Gasteiger partial charge in [-0.2, -0.15) is 0 Å². The van der Waals surface area contributed by atoms with Crippen LogP contribution < -0.4 is 0 Å². The summed E-state index contributed by atoms with van der Waals surface area (Å²) < 4.78 is 15.9. The lowest BCUT2D eigenvalue weighted by Crippen LogP contribution is -2.34. The molecule has 1 atom stereocenters. The Labute approximate surface area is 138 Å². The van der Waals surface area contributed by atoms with Gasteiger partial charge in [-0.1, -0.05) is 32.0 Å². The summed E-state index contributed by atoms with van der Waals surface area (Å²) in [5.74, 6) is 0.360. The zero-order valence-corrected chi connectivity index (χ0v) is 14.2. The molecule has 0 radical (unpaired) electrons. The van der Waals surface area contributed by atoms with Crippen molar-refractivity contribution in [2.75, 3.05) is 13.1 Å². The Morgan fingerprint density at radius 3 is 2.48 bits per heavy atom. The van der Waals surface area contributed by atoms with Gasteiger partial charge in [0, 0.05) is 37.1 Å². The molecule has 0 amide bonds. The highest BCUT2D eigenvalue weighted by molar-refractivity contribution is 5.19. The van der Waals surface area contributed by atoms with Crippen LogP contribution >= 0.6 is 0 Å². The largest absolute Gasteiger partial charge is 0.392 e. The standard InChI is InChI=1S/C19H27FN2O/c1-15(2)11-21(12-16(3)23)14-18-8-6-10-22(18)13-17-7-4-5-9-19(17)20/h4-10,15-16,23H,11-14H2,1-3H3/t16-/m0/s1. The van der Waals surface area contributed by atoms with Gasteiger partial charge in [0.25, 0.3) is 0 Å². The molecular formula is C19H27FN2O. The van der Waals surface area contributed by atoms with E-state index in [1.807, 2.05) is 31.3 Å². The van der Waals surface area contributed by atoms with Crippen LogP contribution in [-0.4, -0.2) is 33.8 Å². The van der Waals surface area contributed by atoms with E-state index in [4.69, 9.17) is 0 Å². The summed E-state index contributed by atoms with van der Waals surface area (Å²) in [4.78, 5) is 2.25. The molecular weight excluding hydrogens is 291 g/mol. The maximum absolute atomic E-state index is 13.9. The molecule has 1 heterocycles. The zero-order valence-electron chi connectivity index (χ0n) is 14.2. The Balaban J connectivity index is 2.11. The summed E-state index contributed by atoms with van der Waals surface area (Å²) >= 11 is 0. The molecule has 1 aromatic heterocycles. The number of halogens is 1. The van der Waals surface area contributed by atoms with Crippen LogP contribution in [0, 0.1) is 11.7 Å². The van der Waals surface area contributed by atoms with Crippen LogP contribution in [0.2, 0.25) is 0 Å². The number of rotatable bonds is 8. The third-order valence-corrected chi connectivity index (χ3v) is 3.75. The van der Waals surface area contributed by atoms with Gasteiger partial charge in [0.2, 0.25) is 0 Å². The van der Waals surface area contributed by atoms with Gasteiger partial charge in [-0.3, -0.25) is 4.90 Å². The highest BCUT2D eigenvalue weighted by Gasteiger charge is 2.13. The molecule has 0 bridgehead atoms. The van der Waals surface area contributed by atoms with Gasteiger partial charge in [-0.25, -0.2) is 4.39 Å². The average molecular weight is 318 g/mol. The molecule has 0 aliphatic rings. The minimum atomic E-state index is -0.358. The molecule has 0 aliphatic heterocycles. The monoisotopic (exact) mass is 318 g/mol. The van der Waals surface area contributed by atoms with Gasteiger partial charge >= 0.3 is 0 Å². The fraction of sp³-hybridized carbons (Fsp3) is 0.474. The Kier molecular flexibility index (Phi) is 6.37. The lowest BCUT2D eigenvalue weighted by atomic mass is 10.2. The number of benzene rings is 1. The van der Waals surface area contributed by atoms with Gasteiger partial charge in [-0.15, -0.1) is 0 Å². The summed E-state index contributed by atoms with van der Waals surface area (Å²) in [6.45, 7) is 9.01. The molecule has 126 valence electrons. The molecule has 0 saturated carbocycles. The minimum Gasteiger partial charge on any atom is -0.392 e.